The zero-order valence-corrected chi connectivity index (χ0v) is 12.9. The van der Waals surface area contributed by atoms with Crippen LogP contribution in [0.5, 0.6) is 0 Å². The van der Waals surface area contributed by atoms with Gasteiger partial charge in [-0.1, -0.05) is 52.8 Å². The molecule has 1 aromatic rings. The number of halogens is 1. The first kappa shape index (κ1) is 15.8. The van der Waals surface area contributed by atoms with Gasteiger partial charge in [0.2, 0.25) is 0 Å². The van der Waals surface area contributed by atoms with Gasteiger partial charge in [-0.15, -0.1) is 0 Å². The molecular weight excluding hydrogens is 304 g/mol. The lowest BCUT2D eigenvalue weighted by atomic mass is 10.1. The zero-order chi connectivity index (χ0) is 14.1. The summed E-state index contributed by atoms with van der Waals surface area (Å²) in [5.74, 6) is 0. The molecule has 0 spiro atoms. The number of unbranched alkanes of at least 4 members (excludes halogenated alkanes) is 1. The van der Waals surface area contributed by atoms with E-state index in [1.165, 1.54) is 5.56 Å². The van der Waals surface area contributed by atoms with Crippen LogP contribution in [0, 0.1) is 0 Å². The van der Waals surface area contributed by atoms with Gasteiger partial charge in [0.25, 0.3) is 0 Å². The summed E-state index contributed by atoms with van der Waals surface area (Å²) >= 11 is 3.21. The molecule has 3 nitrogen and oxygen atoms in total. The first-order valence-corrected chi connectivity index (χ1v) is 7.25. The summed E-state index contributed by atoms with van der Waals surface area (Å²) in [7, 11) is 1.81. The van der Waals surface area contributed by atoms with Crippen LogP contribution in [0.25, 0.3) is 0 Å². The number of carbonyl (C=O) groups is 1. The van der Waals surface area contributed by atoms with E-state index < -0.39 is 0 Å². The van der Waals surface area contributed by atoms with Crippen molar-refractivity contribution in [1.29, 1.82) is 0 Å². The number of benzene rings is 1. The predicted octanol–water partition coefficient (Wildman–Crippen LogP) is 3.56. The molecule has 0 fully saturated rings. The topological polar surface area (TPSA) is 32.3 Å². The van der Waals surface area contributed by atoms with Crippen molar-refractivity contribution in [2.45, 2.75) is 19.3 Å². The fourth-order valence-electron chi connectivity index (χ4n) is 1.73. The predicted molar refractivity (Wildman–Crippen MR) is 83.5 cm³/mol. The lowest BCUT2D eigenvalue weighted by molar-refractivity contribution is 0.209. The highest BCUT2D eigenvalue weighted by molar-refractivity contribution is 9.11. The van der Waals surface area contributed by atoms with Gasteiger partial charge in [0, 0.05) is 18.1 Å². The summed E-state index contributed by atoms with van der Waals surface area (Å²) in [5.41, 5.74) is 1.35. The van der Waals surface area contributed by atoms with Gasteiger partial charge in [-0.05, 0) is 24.8 Å². The van der Waals surface area contributed by atoms with E-state index in [-0.39, 0.29) is 6.03 Å². The number of nitrogens with zero attached hydrogens (tertiary/aromatic N) is 1. The Balaban J connectivity index is 2.14. The maximum atomic E-state index is 11.7. The molecule has 0 aliphatic carbocycles. The molecule has 0 aliphatic rings. The second-order valence-electron chi connectivity index (χ2n) is 4.54. The molecule has 1 N–H and O–H groups in total. The Bertz CT molecular complexity index is 406. The molecule has 0 aromatic heterocycles. The number of aryl methyl sites for hydroxylation is 1. The van der Waals surface area contributed by atoms with Gasteiger partial charge < -0.3 is 10.2 Å². The number of hydrogen-bond donors (Lipinski definition) is 1. The molecule has 0 saturated carbocycles. The third-order valence-corrected chi connectivity index (χ3v) is 3.11. The zero-order valence-electron chi connectivity index (χ0n) is 11.4. The van der Waals surface area contributed by atoms with Crippen molar-refractivity contribution < 1.29 is 4.79 Å². The van der Waals surface area contributed by atoms with E-state index in [0.717, 1.165) is 30.3 Å². The highest BCUT2D eigenvalue weighted by atomic mass is 79.9. The number of hydrogen-bond acceptors (Lipinski definition) is 1. The van der Waals surface area contributed by atoms with Crippen molar-refractivity contribution >= 4 is 22.0 Å². The number of rotatable bonds is 7. The molecule has 0 aliphatic heterocycles. The van der Waals surface area contributed by atoms with E-state index in [2.05, 4.69) is 52.1 Å². The monoisotopic (exact) mass is 324 g/mol. The molecule has 104 valence electrons. The summed E-state index contributed by atoms with van der Waals surface area (Å²) in [6, 6.07) is 10.4. The smallest absolute Gasteiger partial charge is 0.317 e. The van der Waals surface area contributed by atoms with Crippen molar-refractivity contribution in [2.75, 3.05) is 20.1 Å². The standard InChI is InChI=1S/C15H21BrN2O/c1-13(16)12-17-15(19)18(2)11-7-6-10-14-8-4-3-5-9-14/h3-5,8-9H,1,6-7,10-12H2,2H3,(H,17,19). The fraction of sp³-hybridized carbons (Fsp3) is 0.400. The van der Waals surface area contributed by atoms with Gasteiger partial charge in [0.15, 0.2) is 0 Å². The molecule has 0 atom stereocenters. The minimum atomic E-state index is -0.0553. The van der Waals surface area contributed by atoms with E-state index in [1.807, 2.05) is 13.1 Å². The maximum Gasteiger partial charge on any atom is 0.317 e. The second-order valence-corrected chi connectivity index (χ2v) is 5.66. The van der Waals surface area contributed by atoms with Crippen LogP contribution in [0.2, 0.25) is 0 Å². The van der Waals surface area contributed by atoms with Crippen molar-refractivity contribution in [1.82, 2.24) is 10.2 Å². The largest absolute Gasteiger partial charge is 0.333 e. The molecule has 0 radical (unpaired) electrons. The van der Waals surface area contributed by atoms with Gasteiger partial charge >= 0.3 is 6.03 Å². The van der Waals surface area contributed by atoms with Crippen LogP contribution in [0.4, 0.5) is 4.79 Å². The normalized spacial score (nSPS) is 10.0. The van der Waals surface area contributed by atoms with Crippen LogP contribution in [-0.2, 0) is 6.42 Å². The Morgan fingerprint density at radius 2 is 2.00 bits per heavy atom. The van der Waals surface area contributed by atoms with Gasteiger partial charge in [-0.2, -0.15) is 0 Å². The molecule has 0 unspecified atom stereocenters. The lowest BCUT2D eigenvalue weighted by Crippen LogP contribution is -2.38. The van der Waals surface area contributed by atoms with Gasteiger partial charge in [-0.25, -0.2) is 4.79 Å². The minimum absolute atomic E-state index is 0.0553. The fourth-order valence-corrected chi connectivity index (χ4v) is 1.87. The SMILES string of the molecule is C=C(Br)CNC(=O)N(C)CCCCc1ccccc1. The summed E-state index contributed by atoms with van der Waals surface area (Å²) < 4.78 is 0.776. The van der Waals surface area contributed by atoms with E-state index >= 15 is 0 Å². The number of nitrogens with one attached hydrogen (secondary N) is 1. The summed E-state index contributed by atoms with van der Waals surface area (Å²) in [4.78, 5) is 13.4. The maximum absolute atomic E-state index is 11.7. The first-order valence-electron chi connectivity index (χ1n) is 6.46. The van der Waals surface area contributed by atoms with Crippen LogP contribution >= 0.6 is 15.9 Å². The van der Waals surface area contributed by atoms with Gasteiger partial charge in [0.05, 0.1) is 6.54 Å². The van der Waals surface area contributed by atoms with Crippen LogP contribution < -0.4 is 5.32 Å². The molecular formula is C15H21BrN2O. The van der Waals surface area contributed by atoms with Crippen molar-refractivity contribution in [3.05, 3.63) is 47.0 Å². The summed E-state index contributed by atoms with van der Waals surface area (Å²) in [6.07, 6.45) is 3.16. The molecule has 4 heteroatoms. The Morgan fingerprint density at radius 3 is 2.63 bits per heavy atom. The quantitative estimate of drug-likeness (QED) is 0.764. The molecule has 1 rings (SSSR count). The average molecular weight is 325 g/mol. The van der Waals surface area contributed by atoms with Crippen LogP contribution in [0.15, 0.2) is 41.4 Å². The van der Waals surface area contributed by atoms with Crippen molar-refractivity contribution in [3.8, 4) is 0 Å². The summed E-state index contributed by atoms with van der Waals surface area (Å²) in [6.45, 7) is 4.92. The second kappa shape index (κ2) is 8.75. The molecule has 19 heavy (non-hydrogen) atoms. The average Bonchev–Trinajstić information content (AvgIpc) is 2.41. The highest BCUT2D eigenvalue weighted by Gasteiger charge is 2.06. The highest BCUT2D eigenvalue weighted by Crippen LogP contribution is 2.05. The Kier molecular flexibility index (Phi) is 7.26. The minimum Gasteiger partial charge on any atom is -0.333 e. The van der Waals surface area contributed by atoms with E-state index in [1.54, 1.807) is 4.90 Å². The Morgan fingerprint density at radius 1 is 1.32 bits per heavy atom. The Hall–Kier alpha value is -1.29. The third-order valence-electron chi connectivity index (χ3n) is 2.83. The van der Waals surface area contributed by atoms with Gasteiger partial charge in [0.1, 0.15) is 0 Å². The molecule has 2 amide bonds. The molecule has 0 saturated heterocycles. The van der Waals surface area contributed by atoms with Crippen molar-refractivity contribution in [2.24, 2.45) is 0 Å². The molecule has 1 aromatic carbocycles. The lowest BCUT2D eigenvalue weighted by Gasteiger charge is -2.17. The van der Waals surface area contributed by atoms with Crippen LogP contribution in [0.1, 0.15) is 18.4 Å². The number of carbonyl (C=O) groups excluding carboxylic acids is 1. The summed E-state index contributed by atoms with van der Waals surface area (Å²) in [5, 5.41) is 2.78. The Labute approximate surface area is 123 Å². The van der Waals surface area contributed by atoms with E-state index in [0.29, 0.717) is 6.54 Å². The van der Waals surface area contributed by atoms with E-state index in [9.17, 15) is 4.79 Å². The third kappa shape index (κ3) is 7.01. The van der Waals surface area contributed by atoms with Gasteiger partial charge in [-0.3, -0.25) is 0 Å². The molecule has 0 heterocycles. The molecule has 0 bridgehead atoms. The van der Waals surface area contributed by atoms with Crippen molar-refractivity contribution in [3.63, 3.8) is 0 Å². The van der Waals surface area contributed by atoms with Crippen LogP contribution in [0.3, 0.4) is 0 Å². The van der Waals surface area contributed by atoms with E-state index in [4.69, 9.17) is 0 Å². The first-order chi connectivity index (χ1) is 9.09. The number of amides is 2. The van der Waals surface area contributed by atoms with Crippen LogP contribution in [-0.4, -0.2) is 31.1 Å². The number of urea groups is 1.